The van der Waals surface area contributed by atoms with Crippen molar-refractivity contribution in [2.75, 3.05) is 24.6 Å². The molecule has 2 unspecified atom stereocenters. The Morgan fingerprint density at radius 2 is 2.19 bits per heavy atom. The van der Waals surface area contributed by atoms with Crippen molar-refractivity contribution in [2.24, 2.45) is 11.8 Å². The first-order valence-corrected chi connectivity index (χ1v) is 7.91. The maximum Gasteiger partial charge on any atom is 0.233 e. The first-order chi connectivity index (χ1) is 9.99. The fraction of sp³-hybridized carbons (Fsp3) is 0.571. The molecular formula is C14H19N5OS. The molecule has 112 valence electrons. The van der Waals surface area contributed by atoms with Gasteiger partial charge >= 0.3 is 0 Å². The molecule has 1 aromatic heterocycles. The lowest BCUT2D eigenvalue weighted by Crippen LogP contribution is -2.43. The average Bonchev–Trinajstić information content (AvgIpc) is 2.43. The highest BCUT2D eigenvalue weighted by Gasteiger charge is 2.25. The van der Waals surface area contributed by atoms with Gasteiger partial charge in [0.25, 0.3) is 0 Å². The average molecular weight is 305 g/mol. The Bertz CT molecular complexity index is 561. The molecule has 1 amide bonds. The maximum absolute atomic E-state index is 12.2. The Morgan fingerprint density at radius 1 is 1.52 bits per heavy atom. The smallest absolute Gasteiger partial charge is 0.233 e. The van der Waals surface area contributed by atoms with Crippen molar-refractivity contribution in [1.82, 2.24) is 14.9 Å². The molecule has 0 bridgehead atoms. The molecule has 0 aliphatic carbocycles. The number of thioether (sulfide) groups is 1. The highest BCUT2D eigenvalue weighted by molar-refractivity contribution is 7.99. The van der Waals surface area contributed by atoms with Gasteiger partial charge in [-0.25, -0.2) is 9.97 Å². The Kier molecular flexibility index (Phi) is 5.02. The first-order valence-electron chi connectivity index (χ1n) is 6.92. The zero-order chi connectivity index (χ0) is 15.4. The fourth-order valence-corrected chi connectivity index (χ4v) is 3.34. The molecule has 0 radical (unpaired) electrons. The molecule has 1 aliphatic heterocycles. The largest absolute Gasteiger partial charge is 0.382 e. The number of carbonyl (C=O) groups excluding carboxylic acids is 1. The van der Waals surface area contributed by atoms with Crippen LogP contribution in [0.25, 0.3) is 0 Å². The predicted octanol–water partition coefficient (Wildman–Crippen LogP) is 1.53. The minimum atomic E-state index is 0.102. The van der Waals surface area contributed by atoms with Crippen LogP contribution >= 0.6 is 11.8 Å². The summed E-state index contributed by atoms with van der Waals surface area (Å²) in [5.74, 6) is 1.65. The second-order valence-corrected chi connectivity index (χ2v) is 6.54. The van der Waals surface area contributed by atoms with E-state index in [1.165, 1.54) is 24.4 Å². The van der Waals surface area contributed by atoms with E-state index in [1.54, 1.807) is 0 Å². The Morgan fingerprint density at radius 3 is 2.76 bits per heavy atom. The number of likely N-dealkylation sites (tertiary alicyclic amines) is 1. The standard InChI is InChI=1S/C14H19N5OS/c1-9-3-10(2)7-19(6-9)12(20)8-21-14-17-5-11(4-15)13(16)18-14/h5,9-10H,3,6-8H2,1-2H3,(H2,16,17,18). The Hall–Kier alpha value is -1.81. The number of carbonyl (C=O) groups is 1. The van der Waals surface area contributed by atoms with Gasteiger partial charge in [0, 0.05) is 13.1 Å². The molecule has 2 rings (SSSR count). The van der Waals surface area contributed by atoms with E-state index in [2.05, 4.69) is 23.8 Å². The van der Waals surface area contributed by atoms with Crippen LogP contribution in [0.2, 0.25) is 0 Å². The SMILES string of the molecule is CC1CC(C)CN(C(=O)CSc2ncc(C#N)c(N)n2)C1. The number of aromatic nitrogens is 2. The molecule has 0 saturated carbocycles. The topological polar surface area (TPSA) is 95.9 Å². The number of nitrogen functional groups attached to an aromatic ring is 1. The van der Waals surface area contributed by atoms with Crippen molar-refractivity contribution in [1.29, 1.82) is 5.26 Å². The number of nitrogens with two attached hydrogens (primary N) is 1. The molecule has 0 spiro atoms. The summed E-state index contributed by atoms with van der Waals surface area (Å²) in [6.45, 7) is 5.99. The van der Waals surface area contributed by atoms with E-state index in [-0.39, 0.29) is 17.3 Å². The number of piperidine rings is 1. The molecular weight excluding hydrogens is 286 g/mol. The molecule has 0 aromatic carbocycles. The van der Waals surface area contributed by atoms with Gasteiger partial charge in [-0.05, 0) is 18.3 Å². The van der Waals surface area contributed by atoms with Gasteiger partial charge in [0.1, 0.15) is 17.5 Å². The van der Waals surface area contributed by atoms with Gasteiger partial charge in [0.15, 0.2) is 5.16 Å². The molecule has 1 saturated heterocycles. The number of nitriles is 1. The van der Waals surface area contributed by atoms with Crippen molar-refractivity contribution >= 4 is 23.5 Å². The van der Waals surface area contributed by atoms with Crippen LogP contribution in [0, 0.1) is 23.2 Å². The summed E-state index contributed by atoms with van der Waals surface area (Å²) in [6.07, 6.45) is 2.56. The van der Waals surface area contributed by atoms with Gasteiger partial charge in [-0.2, -0.15) is 5.26 Å². The highest BCUT2D eigenvalue weighted by Crippen LogP contribution is 2.23. The van der Waals surface area contributed by atoms with Gasteiger partial charge in [-0.1, -0.05) is 25.6 Å². The molecule has 1 fully saturated rings. The summed E-state index contributed by atoms with van der Waals surface area (Å²) in [4.78, 5) is 22.2. The van der Waals surface area contributed by atoms with E-state index in [4.69, 9.17) is 11.0 Å². The molecule has 2 heterocycles. The quantitative estimate of drug-likeness (QED) is 0.672. The van der Waals surface area contributed by atoms with E-state index in [1.807, 2.05) is 11.0 Å². The van der Waals surface area contributed by atoms with Crippen LogP contribution in [-0.2, 0) is 4.79 Å². The summed E-state index contributed by atoms with van der Waals surface area (Å²) in [7, 11) is 0. The molecule has 2 N–H and O–H groups in total. The van der Waals surface area contributed by atoms with Crippen LogP contribution < -0.4 is 5.73 Å². The highest BCUT2D eigenvalue weighted by atomic mass is 32.2. The van der Waals surface area contributed by atoms with Crippen LogP contribution in [-0.4, -0.2) is 39.6 Å². The normalized spacial score (nSPS) is 21.9. The van der Waals surface area contributed by atoms with Crippen LogP contribution in [0.1, 0.15) is 25.8 Å². The van der Waals surface area contributed by atoms with Crippen molar-refractivity contribution in [3.63, 3.8) is 0 Å². The van der Waals surface area contributed by atoms with E-state index in [0.717, 1.165) is 13.1 Å². The number of anilines is 1. The number of hydrogen-bond acceptors (Lipinski definition) is 6. The summed E-state index contributed by atoms with van der Waals surface area (Å²) in [5, 5.41) is 9.20. The van der Waals surface area contributed by atoms with Crippen LogP contribution in [0.4, 0.5) is 5.82 Å². The lowest BCUT2D eigenvalue weighted by Gasteiger charge is -2.34. The minimum absolute atomic E-state index is 0.102. The lowest BCUT2D eigenvalue weighted by atomic mass is 9.92. The third kappa shape index (κ3) is 4.08. The van der Waals surface area contributed by atoms with Crippen molar-refractivity contribution in [3.05, 3.63) is 11.8 Å². The molecule has 2 atom stereocenters. The van der Waals surface area contributed by atoms with E-state index in [0.29, 0.717) is 22.7 Å². The summed E-state index contributed by atoms with van der Waals surface area (Å²) in [6, 6.07) is 1.91. The predicted molar refractivity (Wildman–Crippen MR) is 81.4 cm³/mol. The van der Waals surface area contributed by atoms with Gasteiger partial charge in [0.05, 0.1) is 11.9 Å². The van der Waals surface area contributed by atoms with Gasteiger partial charge < -0.3 is 10.6 Å². The molecule has 1 aliphatic rings. The van der Waals surface area contributed by atoms with Crippen LogP contribution in [0.15, 0.2) is 11.4 Å². The van der Waals surface area contributed by atoms with Gasteiger partial charge in [0.2, 0.25) is 5.91 Å². The monoisotopic (exact) mass is 305 g/mol. The first kappa shape index (κ1) is 15.6. The third-order valence-corrected chi connectivity index (χ3v) is 4.31. The second kappa shape index (κ2) is 6.76. The number of rotatable bonds is 3. The Balaban J connectivity index is 1.92. The molecule has 21 heavy (non-hydrogen) atoms. The summed E-state index contributed by atoms with van der Waals surface area (Å²) < 4.78 is 0. The zero-order valence-corrected chi connectivity index (χ0v) is 13.1. The van der Waals surface area contributed by atoms with Crippen LogP contribution in [0.3, 0.4) is 0 Å². The zero-order valence-electron chi connectivity index (χ0n) is 12.2. The van der Waals surface area contributed by atoms with Gasteiger partial charge in [-0.15, -0.1) is 0 Å². The van der Waals surface area contributed by atoms with Gasteiger partial charge in [-0.3, -0.25) is 4.79 Å². The van der Waals surface area contributed by atoms with Crippen molar-refractivity contribution in [3.8, 4) is 6.07 Å². The number of amides is 1. The van der Waals surface area contributed by atoms with E-state index < -0.39 is 0 Å². The summed E-state index contributed by atoms with van der Waals surface area (Å²) in [5.41, 5.74) is 5.89. The minimum Gasteiger partial charge on any atom is -0.382 e. The van der Waals surface area contributed by atoms with E-state index in [9.17, 15) is 4.79 Å². The van der Waals surface area contributed by atoms with Crippen LogP contribution in [0.5, 0.6) is 0 Å². The molecule has 7 heteroatoms. The Labute approximate surface area is 128 Å². The lowest BCUT2D eigenvalue weighted by molar-refractivity contribution is -0.130. The maximum atomic E-state index is 12.2. The molecule has 1 aromatic rings. The third-order valence-electron chi connectivity index (χ3n) is 3.46. The van der Waals surface area contributed by atoms with E-state index >= 15 is 0 Å². The van der Waals surface area contributed by atoms with Crippen molar-refractivity contribution < 1.29 is 4.79 Å². The molecule has 6 nitrogen and oxygen atoms in total. The number of nitrogens with zero attached hydrogens (tertiary/aromatic N) is 4. The number of hydrogen-bond donors (Lipinski definition) is 1. The van der Waals surface area contributed by atoms with Crippen molar-refractivity contribution in [2.45, 2.75) is 25.4 Å². The summed E-state index contributed by atoms with van der Waals surface area (Å²) >= 11 is 1.26. The second-order valence-electron chi connectivity index (χ2n) is 5.60. The fourth-order valence-electron chi connectivity index (χ4n) is 2.62.